The number of hydrogen-bond acceptors (Lipinski definition) is 3. The lowest BCUT2D eigenvalue weighted by Crippen LogP contribution is -2.37. The second-order valence-electron chi connectivity index (χ2n) is 5.20. The highest BCUT2D eigenvalue weighted by Crippen LogP contribution is 2.30. The number of benzene rings is 1. The maximum atomic E-state index is 12.3. The monoisotopic (exact) mass is 324 g/mol. The highest BCUT2D eigenvalue weighted by atomic mass is 35.5. The van der Waals surface area contributed by atoms with Crippen molar-refractivity contribution in [2.45, 2.75) is 26.3 Å². The molecule has 2 aromatic rings. The molecule has 0 atom stereocenters. The van der Waals surface area contributed by atoms with E-state index < -0.39 is 0 Å². The lowest BCUT2D eigenvalue weighted by Gasteiger charge is -2.29. The van der Waals surface area contributed by atoms with Crippen LogP contribution in [0.4, 0.5) is 0 Å². The van der Waals surface area contributed by atoms with Gasteiger partial charge in [-0.2, -0.15) is 0 Å². The quantitative estimate of drug-likeness (QED) is 0.850. The van der Waals surface area contributed by atoms with Gasteiger partial charge in [0.15, 0.2) is 0 Å². The molecule has 0 saturated carbocycles. The van der Waals surface area contributed by atoms with E-state index in [9.17, 15) is 4.79 Å². The van der Waals surface area contributed by atoms with Crippen LogP contribution in [0.25, 0.3) is 0 Å². The molecule has 1 aromatic heterocycles. The number of hydrogen-bond donors (Lipinski definition) is 0. The van der Waals surface area contributed by atoms with Crippen LogP contribution in [0.15, 0.2) is 22.7 Å². The van der Waals surface area contributed by atoms with Crippen molar-refractivity contribution in [3.63, 3.8) is 0 Å². The summed E-state index contributed by atoms with van der Waals surface area (Å²) in [5, 5.41) is 5.11. The summed E-state index contributed by atoms with van der Waals surface area (Å²) in [6, 6.07) is 5.42. The van der Waals surface area contributed by atoms with Crippen LogP contribution in [-0.2, 0) is 24.2 Å². The first-order valence-corrected chi connectivity index (χ1v) is 7.45. The molecule has 0 N–H and O–H groups in total. The molecule has 110 valence electrons. The third-order valence-corrected chi connectivity index (χ3v) is 4.17. The summed E-state index contributed by atoms with van der Waals surface area (Å²) in [5.41, 5.74) is 2.76. The molecule has 0 aliphatic carbocycles. The van der Waals surface area contributed by atoms with E-state index in [2.05, 4.69) is 5.16 Å². The Kier molecular flexibility index (Phi) is 3.91. The van der Waals surface area contributed by atoms with E-state index in [1.807, 2.05) is 13.0 Å². The van der Waals surface area contributed by atoms with Crippen LogP contribution in [0, 0.1) is 6.92 Å². The maximum absolute atomic E-state index is 12.3. The summed E-state index contributed by atoms with van der Waals surface area (Å²) < 4.78 is 4.98. The van der Waals surface area contributed by atoms with Crippen molar-refractivity contribution in [2.24, 2.45) is 0 Å². The fourth-order valence-electron chi connectivity index (χ4n) is 2.56. The van der Waals surface area contributed by atoms with Gasteiger partial charge in [0.1, 0.15) is 5.76 Å². The molecule has 0 saturated heterocycles. The molecular weight excluding hydrogens is 311 g/mol. The zero-order chi connectivity index (χ0) is 15.0. The molecule has 3 rings (SSSR count). The predicted octanol–water partition coefficient (Wildman–Crippen LogP) is 3.42. The molecule has 1 aliphatic rings. The summed E-state index contributed by atoms with van der Waals surface area (Å²) in [5.74, 6) is 0.736. The Morgan fingerprint density at radius 2 is 2.19 bits per heavy atom. The molecular formula is C15H14Cl2N2O2. The van der Waals surface area contributed by atoms with Crippen LogP contribution in [0.1, 0.15) is 22.6 Å². The zero-order valence-corrected chi connectivity index (χ0v) is 13.0. The summed E-state index contributed by atoms with van der Waals surface area (Å²) in [6.07, 6.45) is 1.01. The molecule has 0 bridgehead atoms. The number of halogens is 2. The van der Waals surface area contributed by atoms with Crippen molar-refractivity contribution < 1.29 is 9.32 Å². The zero-order valence-electron chi connectivity index (χ0n) is 11.5. The Bertz CT molecular complexity index is 697. The van der Waals surface area contributed by atoms with Crippen molar-refractivity contribution in [3.8, 4) is 0 Å². The van der Waals surface area contributed by atoms with Crippen molar-refractivity contribution in [1.29, 1.82) is 0 Å². The third kappa shape index (κ3) is 3.06. The molecule has 0 unspecified atom stereocenters. The van der Waals surface area contributed by atoms with Crippen molar-refractivity contribution in [2.75, 3.05) is 6.54 Å². The molecule has 0 radical (unpaired) electrons. The standard InChI is InChI=1S/C15H14Cl2N2O2/c1-9-4-12(18-21-9)7-15(20)19-3-2-10-5-11(16)6-14(17)13(10)8-19/h4-6H,2-3,7-8H2,1H3. The fourth-order valence-corrected chi connectivity index (χ4v) is 3.16. The van der Waals surface area contributed by atoms with Gasteiger partial charge in [-0.3, -0.25) is 4.79 Å². The first kappa shape index (κ1) is 14.4. The summed E-state index contributed by atoms with van der Waals surface area (Å²) in [6.45, 7) is 2.99. The Balaban J connectivity index is 1.75. The number of carbonyl (C=O) groups is 1. The van der Waals surface area contributed by atoms with Gasteiger partial charge < -0.3 is 9.42 Å². The van der Waals surface area contributed by atoms with Gasteiger partial charge in [-0.15, -0.1) is 0 Å². The van der Waals surface area contributed by atoms with E-state index in [0.717, 1.165) is 17.5 Å². The minimum Gasteiger partial charge on any atom is -0.361 e. The Morgan fingerprint density at radius 1 is 1.38 bits per heavy atom. The van der Waals surface area contributed by atoms with Gasteiger partial charge >= 0.3 is 0 Å². The lowest BCUT2D eigenvalue weighted by molar-refractivity contribution is -0.131. The first-order chi connectivity index (χ1) is 10.0. The van der Waals surface area contributed by atoms with Gasteiger partial charge in [-0.05, 0) is 36.6 Å². The highest BCUT2D eigenvalue weighted by molar-refractivity contribution is 6.35. The van der Waals surface area contributed by atoms with Crippen LogP contribution in [-0.4, -0.2) is 22.5 Å². The van der Waals surface area contributed by atoms with E-state index in [1.165, 1.54) is 0 Å². The molecule has 1 amide bonds. The number of nitrogens with zero attached hydrogens (tertiary/aromatic N) is 2. The van der Waals surface area contributed by atoms with E-state index in [4.69, 9.17) is 27.7 Å². The Morgan fingerprint density at radius 3 is 2.90 bits per heavy atom. The molecule has 0 spiro atoms. The van der Waals surface area contributed by atoms with Crippen LogP contribution < -0.4 is 0 Å². The van der Waals surface area contributed by atoms with Crippen LogP contribution in [0.3, 0.4) is 0 Å². The molecule has 4 nitrogen and oxygen atoms in total. The first-order valence-electron chi connectivity index (χ1n) is 6.69. The van der Waals surface area contributed by atoms with Crippen LogP contribution in [0.5, 0.6) is 0 Å². The van der Waals surface area contributed by atoms with E-state index >= 15 is 0 Å². The normalized spacial score (nSPS) is 14.1. The Hall–Kier alpha value is -1.52. The van der Waals surface area contributed by atoms with E-state index in [0.29, 0.717) is 34.6 Å². The van der Waals surface area contributed by atoms with Crippen LogP contribution >= 0.6 is 23.2 Å². The van der Waals surface area contributed by atoms with Crippen LogP contribution in [0.2, 0.25) is 10.0 Å². The second-order valence-corrected chi connectivity index (χ2v) is 6.04. The minimum absolute atomic E-state index is 0.0277. The number of carbonyl (C=O) groups excluding carboxylic acids is 1. The van der Waals surface area contributed by atoms with Gasteiger partial charge in [0, 0.05) is 29.2 Å². The Labute approximate surface area is 132 Å². The van der Waals surface area contributed by atoms with Crippen molar-refractivity contribution in [3.05, 3.63) is 50.8 Å². The van der Waals surface area contributed by atoms with Gasteiger partial charge in [-0.1, -0.05) is 28.4 Å². The highest BCUT2D eigenvalue weighted by Gasteiger charge is 2.23. The molecule has 1 aromatic carbocycles. The lowest BCUT2D eigenvalue weighted by atomic mass is 9.99. The number of amides is 1. The number of fused-ring (bicyclic) bond motifs is 1. The summed E-state index contributed by atoms with van der Waals surface area (Å²) in [7, 11) is 0. The predicted molar refractivity (Wildman–Crippen MR) is 80.5 cm³/mol. The van der Waals surface area contributed by atoms with Gasteiger partial charge in [-0.25, -0.2) is 0 Å². The number of aromatic nitrogens is 1. The average Bonchev–Trinajstić information content (AvgIpc) is 2.83. The SMILES string of the molecule is Cc1cc(CC(=O)N2CCc3cc(Cl)cc(Cl)c3C2)no1. The smallest absolute Gasteiger partial charge is 0.229 e. The number of rotatable bonds is 2. The molecule has 2 heterocycles. The summed E-state index contributed by atoms with van der Waals surface area (Å²) >= 11 is 12.2. The van der Waals surface area contributed by atoms with E-state index in [-0.39, 0.29) is 12.3 Å². The van der Waals surface area contributed by atoms with E-state index in [1.54, 1.807) is 17.0 Å². The van der Waals surface area contributed by atoms with Gasteiger partial charge in [0.05, 0.1) is 12.1 Å². The van der Waals surface area contributed by atoms with Crippen molar-refractivity contribution >= 4 is 29.1 Å². The minimum atomic E-state index is 0.0277. The second kappa shape index (κ2) is 5.70. The fraction of sp³-hybridized carbons (Fsp3) is 0.333. The summed E-state index contributed by atoms with van der Waals surface area (Å²) in [4.78, 5) is 14.1. The van der Waals surface area contributed by atoms with Gasteiger partial charge in [0.2, 0.25) is 5.91 Å². The molecule has 6 heteroatoms. The molecule has 1 aliphatic heterocycles. The van der Waals surface area contributed by atoms with Crippen molar-refractivity contribution in [1.82, 2.24) is 10.1 Å². The largest absolute Gasteiger partial charge is 0.361 e. The third-order valence-electron chi connectivity index (χ3n) is 3.61. The molecule has 21 heavy (non-hydrogen) atoms. The van der Waals surface area contributed by atoms with Gasteiger partial charge in [0.25, 0.3) is 0 Å². The molecule has 0 fully saturated rings. The maximum Gasteiger partial charge on any atom is 0.229 e. The average molecular weight is 325 g/mol. The topological polar surface area (TPSA) is 46.3 Å². The number of aryl methyl sites for hydroxylation is 1.